The Morgan fingerprint density at radius 3 is 2.24 bits per heavy atom. The van der Waals surface area contributed by atoms with E-state index in [0.717, 1.165) is 12.8 Å². The van der Waals surface area contributed by atoms with Crippen LogP contribution in [0.1, 0.15) is 33.6 Å². The van der Waals surface area contributed by atoms with Crippen LogP contribution in [0.15, 0.2) is 24.3 Å². The highest BCUT2D eigenvalue weighted by atomic mass is 16.2. The third-order valence-electron chi connectivity index (χ3n) is 3.27. The maximum absolute atomic E-state index is 12.3. The first-order valence-electron chi connectivity index (χ1n) is 7.16. The molecule has 3 amide bonds. The lowest BCUT2D eigenvalue weighted by molar-refractivity contribution is -0.124. The summed E-state index contributed by atoms with van der Waals surface area (Å²) in [4.78, 5) is 25.3. The van der Waals surface area contributed by atoms with Crippen LogP contribution in [0, 0.1) is 5.41 Å². The van der Waals surface area contributed by atoms with E-state index >= 15 is 0 Å². The minimum absolute atomic E-state index is 0.0135. The van der Waals surface area contributed by atoms with Gasteiger partial charge in [0.25, 0.3) is 0 Å². The molecule has 1 rings (SSSR count). The molecule has 0 saturated heterocycles. The largest absolute Gasteiger partial charge is 0.331 e. The van der Waals surface area contributed by atoms with E-state index in [4.69, 9.17) is 0 Å². The number of amides is 3. The van der Waals surface area contributed by atoms with Crippen LogP contribution in [0.25, 0.3) is 0 Å². The summed E-state index contributed by atoms with van der Waals surface area (Å²) in [7, 11) is 3.35. The van der Waals surface area contributed by atoms with Crippen LogP contribution >= 0.6 is 0 Å². The average Bonchev–Trinajstić information content (AvgIpc) is 2.38. The van der Waals surface area contributed by atoms with Gasteiger partial charge in [-0.2, -0.15) is 0 Å². The van der Waals surface area contributed by atoms with Gasteiger partial charge in [0, 0.05) is 30.9 Å². The number of nitrogens with zero attached hydrogens (tertiary/aromatic N) is 1. The first-order valence-corrected chi connectivity index (χ1v) is 7.16. The van der Waals surface area contributed by atoms with Gasteiger partial charge in [-0.25, -0.2) is 4.79 Å². The van der Waals surface area contributed by atoms with E-state index in [-0.39, 0.29) is 11.9 Å². The maximum Gasteiger partial charge on any atom is 0.321 e. The molecule has 5 heteroatoms. The summed E-state index contributed by atoms with van der Waals surface area (Å²) in [5, 5.41) is 5.66. The van der Waals surface area contributed by atoms with E-state index in [2.05, 4.69) is 17.6 Å². The molecule has 0 saturated carbocycles. The van der Waals surface area contributed by atoms with Crippen molar-refractivity contribution in [3.05, 3.63) is 24.3 Å². The molecule has 0 fully saturated rings. The van der Waals surface area contributed by atoms with Crippen molar-refractivity contribution < 1.29 is 9.59 Å². The predicted molar refractivity (Wildman–Crippen MR) is 86.5 cm³/mol. The Bertz CT molecular complexity index is 510. The van der Waals surface area contributed by atoms with Crippen LogP contribution in [0.5, 0.6) is 0 Å². The fraction of sp³-hybridized carbons (Fsp3) is 0.500. The van der Waals surface area contributed by atoms with Gasteiger partial charge >= 0.3 is 6.03 Å². The van der Waals surface area contributed by atoms with E-state index in [1.807, 2.05) is 19.9 Å². The second-order valence-corrected chi connectivity index (χ2v) is 5.99. The SMILES string of the molecule is CCCC(C)(C)C(=O)Nc1cccc(NC(=O)N(C)C)c1. The van der Waals surface area contributed by atoms with E-state index in [9.17, 15) is 9.59 Å². The highest BCUT2D eigenvalue weighted by Crippen LogP contribution is 2.25. The summed E-state index contributed by atoms with van der Waals surface area (Å²) in [6.07, 6.45) is 1.79. The van der Waals surface area contributed by atoms with E-state index in [0.29, 0.717) is 11.4 Å². The third kappa shape index (κ3) is 5.10. The summed E-state index contributed by atoms with van der Waals surface area (Å²) in [5.41, 5.74) is 0.929. The quantitative estimate of drug-likeness (QED) is 0.871. The molecular weight excluding hydrogens is 266 g/mol. The fourth-order valence-corrected chi connectivity index (χ4v) is 1.95. The summed E-state index contributed by atoms with van der Waals surface area (Å²) >= 11 is 0. The molecule has 0 atom stereocenters. The molecule has 0 radical (unpaired) electrons. The number of urea groups is 1. The van der Waals surface area contributed by atoms with Crippen molar-refractivity contribution in [1.29, 1.82) is 0 Å². The lowest BCUT2D eigenvalue weighted by Gasteiger charge is -2.23. The minimum Gasteiger partial charge on any atom is -0.331 e. The van der Waals surface area contributed by atoms with Crippen molar-refractivity contribution in [2.45, 2.75) is 33.6 Å². The molecule has 0 aliphatic carbocycles. The number of hydrogen-bond donors (Lipinski definition) is 2. The van der Waals surface area contributed by atoms with Gasteiger partial charge in [-0.15, -0.1) is 0 Å². The van der Waals surface area contributed by atoms with Gasteiger partial charge in [-0.3, -0.25) is 4.79 Å². The molecule has 0 aliphatic heterocycles. The Kier molecular flexibility index (Phi) is 5.76. The Hall–Kier alpha value is -2.04. The number of hydrogen-bond acceptors (Lipinski definition) is 2. The zero-order chi connectivity index (χ0) is 16.0. The number of anilines is 2. The summed E-state index contributed by atoms with van der Waals surface area (Å²) < 4.78 is 0. The van der Waals surface area contributed by atoms with Gasteiger partial charge in [-0.1, -0.05) is 33.3 Å². The fourth-order valence-electron chi connectivity index (χ4n) is 1.95. The molecule has 21 heavy (non-hydrogen) atoms. The van der Waals surface area contributed by atoms with Crippen LogP contribution in [0.3, 0.4) is 0 Å². The molecule has 0 bridgehead atoms. The molecule has 0 aromatic heterocycles. The van der Waals surface area contributed by atoms with Crippen molar-refractivity contribution >= 4 is 23.3 Å². The minimum atomic E-state index is -0.405. The van der Waals surface area contributed by atoms with Gasteiger partial charge in [-0.05, 0) is 24.6 Å². The first-order chi connectivity index (χ1) is 9.76. The van der Waals surface area contributed by atoms with E-state index < -0.39 is 5.41 Å². The average molecular weight is 291 g/mol. The molecular formula is C16H25N3O2. The van der Waals surface area contributed by atoms with Crippen molar-refractivity contribution in [1.82, 2.24) is 4.90 Å². The van der Waals surface area contributed by atoms with Crippen molar-refractivity contribution in [3.63, 3.8) is 0 Å². The molecule has 1 aromatic carbocycles. The number of rotatable bonds is 5. The monoisotopic (exact) mass is 291 g/mol. The highest BCUT2D eigenvalue weighted by Gasteiger charge is 2.26. The lowest BCUT2D eigenvalue weighted by atomic mass is 9.87. The smallest absolute Gasteiger partial charge is 0.321 e. The van der Waals surface area contributed by atoms with Crippen LogP contribution < -0.4 is 10.6 Å². The number of benzene rings is 1. The molecule has 1 aromatic rings. The maximum atomic E-state index is 12.3. The molecule has 0 spiro atoms. The zero-order valence-electron chi connectivity index (χ0n) is 13.5. The summed E-state index contributed by atoms with van der Waals surface area (Å²) in [5.74, 6) is -0.0135. The molecule has 0 unspecified atom stereocenters. The summed E-state index contributed by atoms with van der Waals surface area (Å²) in [6, 6.07) is 6.94. The second kappa shape index (κ2) is 7.11. The van der Waals surface area contributed by atoms with Gasteiger partial charge < -0.3 is 15.5 Å². The van der Waals surface area contributed by atoms with Crippen molar-refractivity contribution in [2.24, 2.45) is 5.41 Å². The van der Waals surface area contributed by atoms with Gasteiger partial charge in [0.2, 0.25) is 5.91 Å². The van der Waals surface area contributed by atoms with Crippen LogP contribution in [0.4, 0.5) is 16.2 Å². The van der Waals surface area contributed by atoms with Crippen molar-refractivity contribution in [3.8, 4) is 0 Å². The second-order valence-electron chi connectivity index (χ2n) is 5.99. The lowest BCUT2D eigenvalue weighted by Crippen LogP contribution is -2.30. The Morgan fingerprint density at radius 2 is 1.71 bits per heavy atom. The van der Waals surface area contributed by atoms with E-state index in [1.165, 1.54) is 4.90 Å². The van der Waals surface area contributed by atoms with Gasteiger partial charge in [0.15, 0.2) is 0 Å². The highest BCUT2D eigenvalue weighted by molar-refractivity contribution is 5.96. The molecule has 0 heterocycles. The molecule has 2 N–H and O–H groups in total. The number of carbonyl (C=O) groups excluding carboxylic acids is 2. The Labute approximate surface area is 126 Å². The molecule has 5 nitrogen and oxygen atoms in total. The summed E-state index contributed by atoms with van der Waals surface area (Å²) in [6.45, 7) is 5.93. The number of nitrogens with one attached hydrogen (secondary N) is 2. The van der Waals surface area contributed by atoms with Gasteiger partial charge in [0.1, 0.15) is 0 Å². The first kappa shape index (κ1) is 17.0. The molecule has 116 valence electrons. The van der Waals surface area contributed by atoms with Crippen LogP contribution in [-0.4, -0.2) is 30.9 Å². The van der Waals surface area contributed by atoms with E-state index in [1.54, 1.807) is 32.3 Å². The van der Waals surface area contributed by atoms with Crippen LogP contribution in [0.2, 0.25) is 0 Å². The predicted octanol–water partition coefficient (Wildman–Crippen LogP) is 3.54. The molecule has 0 aliphatic rings. The Morgan fingerprint density at radius 1 is 1.14 bits per heavy atom. The third-order valence-corrected chi connectivity index (χ3v) is 3.27. The van der Waals surface area contributed by atoms with Gasteiger partial charge in [0.05, 0.1) is 0 Å². The topological polar surface area (TPSA) is 61.4 Å². The standard InChI is InChI=1S/C16H25N3O2/c1-6-10-16(2,3)14(20)17-12-8-7-9-13(11-12)18-15(21)19(4)5/h7-9,11H,6,10H2,1-5H3,(H,17,20)(H,18,21). The normalized spacial score (nSPS) is 10.9. The number of carbonyl (C=O) groups is 2. The van der Waals surface area contributed by atoms with Crippen molar-refractivity contribution in [2.75, 3.05) is 24.7 Å². The zero-order valence-corrected chi connectivity index (χ0v) is 13.5. The Balaban J connectivity index is 2.77. The van der Waals surface area contributed by atoms with Crippen LogP contribution in [-0.2, 0) is 4.79 Å².